The van der Waals surface area contributed by atoms with E-state index in [2.05, 4.69) is 20.4 Å². The van der Waals surface area contributed by atoms with Crippen molar-refractivity contribution in [3.8, 4) is 0 Å². The van der Waals surface area contributed by atoms with Crippen molar-refractivity contribution in [2.75, 3.05) is 11.9 Å². The summed E-state index contributed by atoms with van der Waals surface area (Å²) < 4.78 is 6.65. The van der Waals surface area contributed by atoms with Gasteiger partial charge in [-0.25, -0.2) is 9.97 Å². The fourth-order valence-electron chi connectivity index (χ4n) is 2.14. The van der Waals surface area contributed by atoms with Crippen molar-refractivity contribution < 1.29 is 9.53 Å². The van der Waals surface area contributed by atoms with Crippen LogP contribution in [0.4, 0.5) is 5.82 Å². The summed E-state index contributed by atoms with van der Waals surface area (Å²) in [5, 5.41) is 8.43. The third-order valence-electron chi connectivity index (χ3n) is 2.96. The molecule has 0 amide bonds. The van der Waals surface area contributed by atoms with Crippen molar-refractivity contribution in [2.24, 2.45) is 7.05 Å². The number of hydrogen-bond acceptors (Lipinski definition) is 6. The molecule has 1 N–H and O–H groups in total. The van der Waals surface area contributed by atoms with Gasteiger partial charge in [0.05, 0.1) is 24.1 Å². The second-order valence-electron chi connectivity index (χ2n) is 4.68. The van der Waals surface area contributed by atoms with E-state index in [9.17, 15) is 4.79 Å². The van der Waals surface area contributed by atoms with Gasteiger partial charge in [-0.1, -0.05) is 0 Å². The maximum Gasteiger partial charge on any atom is 0.307 e. The number of aromatic nitrogens is 4. The number of carbonyl (C=O) groups is 1. The predicted molar refractivity (Wildman–Crippen MR) is 75.4 cm³/mol. The molecule has 0 saturated carbocycles. The largest absolute Gasteiger partial charge is 0.466 e. The van der Waals surface area contributed by atoms with Crippen LogP contribution in [0.2, 0.25) is 0 Å². The van der Waals surface area contributed by atoms with Crippen LogP contribution in [-0.2, 0) is 16.6 Å². The smallest absolute Gasteiger partial charge is 0.307 e. The van der Waals surface area contributed by atoms with Gasteiger partial charge in [-0.3, -0.25) is 9.48 Å². The lowest BCUT2D eigenvalue weighted by Crippen LogP contribution is -2.21. The summed E-state index contributed by atoms with van der Waals surface area (Å²) in [5.74, 6) is 0.470. The topological polar surface area (TPSA) is 81.9 Å². The molecule has 0 unspecified atom stereocenters. The molecule has 0 aliphatic carbocycles. The monoisotopic (exact) mass is 277 g/mol. The molecule has 0 aromatic carbocycles. The Kier molecular flexibility index (Phi) is 4.16. The third-order valence-corrected chi connectivity index (χ3v) is 2.96. The Balaban J connectivity index is 2.19. The summed E-state index contributed by atoms with van der Waals surface area (Å²) in [6.07, 6.45) is 1.78. The Hall–Kier alpha value is -2.18. The molecular formula is C13H19N5O2. The number of nitrogens with zero attached hydrogens (tertiary/aromatic N) is 4. The highest BCUT2D eigenvalue weighted by Gasteiger charge is 2.15. The van der Waals surface area contributed by atoms with Gasteiger partial charge >= 0.3 is 5.97 Å². The molecule has 0 saturated heterocycles. The molecule has 0 radical (unpaired) electrons. The van der Waals surface area contributed by atoms with Crippen LogP contribution in [0.3, 0.4) is 0 Å². The summed E-state index contributed by atoms with van der Waals surface area (Å²) in [5.41, 5.74) is 1.62. The van der Waals surface area contributed by atoms with Crippen LogP contribution in [0.25, 0.3) is 11.0 Å². The molecule has 2 aromatic rings. The predicted octanol–water partition coefficient (Wildman–Crippen LogP) is 1.43. The Morgan fingerprint density at radius 3 is 2.95 bits per heavy atom. The molecule has 0 fully saturated rings. The maximum absolute atomic E-state index is 11.5. The van der Waals surface area contributed by atoms with E-state index in [-0.39, 0.29) is 12.0 Å². The highest BCUT2D eigenvalue weighted by Crippen LogP contribution is 2.22. The van der Waals surface area contributed by atoms with Gasteiger partial charge in [0.1, 0.15) is 12.1 Å². The highest BCUT2D eigenvalue weighted by atomic mass is 16.5. The molecule has 20 heavy (non-hydrogen) atoms. The van der Waals surface area contributed by atoms with E-state index < -0.39 is 0 Å². The zero-order valence-electron chi connectivity index (χ0n) is 12.2. The molecule has 7 heteroatoms. The molecular weight excluding hydrogens is 258 g/mol. The number of ether oxygens (including phenoxy) is 1. The third kappa shape index (κ3) is 2.87. The molecule has 0 bridgehead atoms. The van der Waals surface area contributed by atoms with Crippen molar-refractivity contribution in [1.29, 1.82) is 0 Å². The van der Waals surface area contributed by atoms with Crippen LogP contribution in [0.5, 0.6) is 0 Å². The molecule has 2 rings (SSSR count). The minimum Gasteiger partial charge on any atom is -0.466 e. The van der Waals surface area contributed by atoms with Gasteiger partial charge in [0, 0.05) is 13.1 Å². The fourth-order valence-corrected chi connectivity index (χ4v) is 2.14. The van der Waals surface area contributed by atoms with Gasteiger partial charge in [-0.2, -0.15) is 5.10 Å². The fraction of sp³-hybridized carbons (Fsp3) is 0.538. The lowest BCUT2D eigenvalue weighted by atomic mass is 10.2. The molecule has 1 atom stereocenters. The standard InChI is InChI=1S/C13H19N5O2/c1-5-20-10(19)6-8(2)16-12-11-9(3)17-18(4)13(11)15-7-14-12/h7-8H,5-6H2,1-4H3,(H,14,15,16)/t8-/m0/s1. The van der Waals surface area contributed by atoms with E-state index in [4.69, 9.17) is 4.74 Å². The van der Waals surface area contributed by atoms with Crippen molar-refractivity contribution in [3.63, 3.8) is 0 Å². The average Bonchev–Trinajstić information content (AvgIpc) is 2.66. The van der Waals surface area contributed by atoms with Crippen molar-refractivity contribution >= 4 is 22.8 Å². The van der Waals surface area contributed by atoms with E-state index in [0.29, 0.717) is 18.8 Å². The number of anilines is 1. The molecule has 0 aliphatic rings. The van der Waals surface area contributed by atoms with Crippen LogP contribution >= 0.6 is 0 Å². The van der Waals surface area contributed by atoms with Crippen molar-refractivity contribution in [3.05, 3.63) is 12.0 Å². The SMILES string of the molecule is CCOC(=O)C[C@H](C)Nc1ncnc2c1c(C)nn2C. The number of fused-ring (bicyclic) bond motifs is 1. The number of rotatable bonds is 5. The van der Waals surface area contributed by atoms with Crippen LogP contribution in [0.15, 0.2) is 6.33 Å². The second kappa shape index (κ2) is 5.85. The average molecular weight is 277 g/mol. The van der Waals surface area contributed by atoms with Crippen molar-refractivity contribution in [1.82, 2.24) is 19.7 Å². The lowest BCUT2D eigenvalue weighted by molar-refractivity contribution is -0.143. The van der Waals surface area contributed by atoms with E-state index in [1.54, 1.807) is 11.6 Å². The Bertz CT molecular complexity index is 622. The van der Waals surface area contributed by atoms with E-state index in [0.717, 1.165) is 16.7 Å². The van der Waals surface area contributed by atoms with Crippen LogP contribution < -0.4 is 5.32 Å². The molecule has 0 aliphatic heterocycles. The first-order chi connectivity index (χ1) is 9.52. The Morgan fingerprint density at radius 1 is 1.50 bits per heavy atom. The summed E-state index contributed by atoms with van der Waals surface area (Å²) in [4.78, 5) is 19.9. The summed E-state index contributed by atoms with van der Waals surface area (Å²) in [6, 6.07) is -0.0771. The summed E-state index contributed by atoms with van der Waals surface area (Å²) in [6.45, 7) is 6.01. The molecule has 108 valence electrons. The lowest BCUT2D eigenvalue weighted by Gasteiger charge is -2.14. The first-order valence-electron chi connectivity index (χ1n) is 6.59. The molecule has 0 spiro atoms. The van der Waals surface area contributed by atoms with Crippen molar-refractivity contribution in [2.45, 2.75) is 33.2 Å². The minimum absolute atomic E-state index is 0.0771. The van der Waals surface area contributed by atoms with Gasteiger partial charge in [0.2, 0.25) is 0 Å². The Morgan fingerprint density at radius 2 is 2.25 bits per heavy atom. The zero-order chi connectivity index (χ0) is 14.7. The zero-order valence-corrected chi connectivity index (χ0v) is 12.2. The van der Waals surface area contributed by atoms with Gasteiger partial charge in [0.15, 0.2) is 5.65 Å². The van der Waals surface area contributed by atoms with Crippen LogP contribution in [0.1, 0.15) is 26.0 Å². The first kappa shape index (κ1) is 14.2. The Labute approximate surface area is 117 Å². The summed E-state index contributed by atoms with van der Waals surface area (Å²) in [7, 11) is 1.84. The number of nitrogens with one attached hydrogen (secondary N) is 1. The molecule has 2 aromatic heterocycles. The van der Waals surface area contributed by atoms with Crippen LogP contribution in [0, 0.1) is 6.92 Å². The van der Waals surface area contributed by atoms with Crippen LogP contribution in [-0.4, -0.2) is 38.4 Å². The number of carbonyl (C=O) groups excluding carboxylic acids is 1. The quantitative estimate of drug-likeness (QED) is 0.832. The first-order valence-corrected chi connectivity index (χ1v) is 6.59. The highest BCUT2D eigenvalue weighted by molar-refractivity contribution is 5.89. The van der Waals surface area contributed by atoms with Gasteiger partial charge in [0.25, 0.3) is 0 Å². The maximum atomic E-state index is 11.5. The second-order valence-corrected chi connectivity index (χ2v) is 4.68. The van der Waals surface area contributed by atoms with E-state index in [1.807, 2.05) is 20.9 Å². The molecule has 7 nitrogen and oxygen atoms in total. The van der Waals surface area contributed by atoms with Gasteiger partial charge < -0.3 is 10.1 Å². The minimum atomic E-state index is -0.222. The van der Waals surface area contributed by atoms with Gasteiger partial charge in [-0.15, -0.1) is 0 Å². The van der Waals surface area contributed by atoms with E-state index in [1.165, 1.54) is 6.33 Å². The summed E-state index contributed by atoms with van der Waals surface area (Å²) >= 11 is 0. The number of hydrogen-bond donors (Lipinski definition) is 1. The normalized spacial score (nSPS) is 12.4. The molecule has 2 heterocycles. The van der Waals surface area contributed by atoms with Gasteiger partial charge in [-0.05, 0) is 20.8 Å². The van der Waals surface area contributed by atoms with E-state index >= 15 is 0 Å². The number of esters is 1. The number of aryl methyl sites for hydroxylation is 2.